The first-order valence-corrected chi connectivity index (χ1v) is 8.31. The van der Waals surface area contributed by atoms with Crippen molar-refractivity contribution in [2.75, 3.05) is 30.4 Å². The van der Waals surface area contributed by atoms with Crippen LogP contribution in [0.1, 0.15) is 29.6 Å². The molecule has 1 aliphatic rings. The fourth-order valence-electron chi connectivity index (χ4n) is 3.00. The Morgan fingerprint density at radius 2 is 1.96 bits per heavy atom. The normalized spacial score (nSPS) is 14.2. The van der Waals surface area contributed by atoms with E-state index in [0.29, 0.717) is 5.69 Å². The monoisotopic (exact) mass is 344 g/mol. The Bertz CT molecular complexity index is 773. The van der Waals surface area contributed by atoms with E-state index in [2.05, 4.69) is 10.2 Å². The number of nitrogens with one attached hydrogen (secondary N) is 1. The van der Waals surface area contributed by atoms with Crippen molar-refractivity contribution in [3.05, 3.63) is 47.8 Å². The van der Waals surface area contributed by atoms with Crippen molar-refractivity contribution in [2.24, 2.45) is 0 Å². The quantitative estimate of drug-likeness (QED) is 0.886. The number of carbonyl (C=O) groups is 1. The second-order valence-corrected chi connectivity index (χ2v) is 6.06. The van der Waals surface area contributed by atoms with E-state index in [1.165, 1.54) is 32.4 Å². The Hall–Kier alpha value is -2.76. The molecule has 6 heteroatoms. The molecule has 0 spiro atoms. The Kier molecular flexibility index (Phi) is 5.07. The number of rotatable bonds is 4. The lowest BCUT2D eigenvalue weighted by Gasteiger charge is -2.29. The largest absolute Gasteiger partial charge is 0.502 e. The highest BCUT2D eigenvalue weighted by Gasteiger charge is 2.16. The molecule has 1 fully saturated rings. The molecule has 1 aliphatic heterocycles. The summed E-state index contributed by atoms with van der Waals surface area (Å²) in [6, 6.07) is 9.91. The molecule has 1 saturated heterocycles. The van der Waals surface area contributed by atoms with E-state index in [1.807, 2.05) is 18.2 Å². The Balaban J connectivity index is 1.78. The smallest absolute Gasteiger partial charge is 0.255 e. The van der Waals surface area contributed by atoms with Crippen molar-refractivity contribution < 1.29 is 19.0 Å². The number of benzene rings is 2. The predicted molar refractivity (Wildman–Crippen MR) is 95.1 cm³/mol. The molecule has 1 amide bonds. The molecule has 0 unspecified atom stereocenters. The number of ether oxygens (including phenoxy) is 1. The minimum absolute atomic E-state index is 0.0767. The average Bonchev–Trinajstić information content (AvgIpc) is 2.64. The number of carbonyl (C=O) groups excluding carboxylic acids is 1. The minimum Gasteiger partial charge on any atom is -0.502 e. The van der Waals surface area contributed by atoms with E-state index in [4.69, 9.17) is 4.74 Å². The van der Waals surface area contributed by atoms with Gasteiger partial charge in [0.05, 0.1) is 7.11 Å². The maximum atomic E-state index is 13.7. The number of anilines is 2. The van der Waals surface area contributed by atoms with Gasteiger partial charge in [-0.1, -0.05) is 6.07 Å². The highest BCUT2D eigenvalue weighted by Crippen LogP contribution is 2.30. The van der Waals surface area contributed by atoms with E-state index in [0.717, 1.165) is 24.8 Å². The molecule has 0 bridgehead atoms. The summed E-state index contributed by atoms with van der Waals surface area (Å²) in [4.78, 5) is 14.7. The van der Waals surface area contributed by atoms with Crippen LogP contribution >= 0.6 is 0 Å². The van der Waals surface area contributed by atoms with Gasteiger partial charge in [-0.05, 0) is 49.6 Å². The summed E-state index contributed by atoms with van der Waals surface area (Å²) in [6.45, 7) is 2.02. The first-order chi connectivity index (χ1) is 12.1. The Morgan fingerprint density at radius 3 is 2.68 bits per heavy atom. The van der Waals surface area contributed by atoms with Crippen molar-refractivity contribution in [3.63, 3.8) is 0 Å². The van der Waals surface area contributed by atoms with Crippen LogP contribution in [-0.4, -0.2) is 31.2 Å². The minimum atomic E-state index is -0.897. The summed E-state index contributed by atoms with van der Waals surface area (Å²) in [6.07, 6.45) is 3.59. The molecule has 1 heterocycles. The van der Waals surface area contributed by atoms with Gasteiger partial charge >= 0.3 is 0 Å². The Labute approximate surface area is 146 Å². The van der Waals surface area contributed by atoms with Crippen LogP contribution < -0.4 is 15.0 Å². The zero-order valence-corrected chi connectivity index (χ0v) is 14.1. The van der Waals surface area contributed by atoms with Crippen LogP contribution in [0.4, 0.5) is 15.8 Å². The summed E-state index contributed by atoms with van der Waals surface area (Å²) in [5, 5.41) is 12.3. The van der Waals surface area contributed by atoms with Gasteiger partial charge in [0.1, 0.15) is 0 Å². The van der Waals surface area contributed by atoms with Crippen molar-refractivity contribution in [3.8, 4) is 11.5 Å². The number of piperidine rings is 1. The van der Waals surface area contributed by atoms with Gasteiger partial charge in [-0.25, -0.2) is 4.39 Å². The summed E-state index contributed by atoms with van der Waals surface area (Å²) in [5.74, 6) is -2.04. The zero-order valence-electron chi connectivity index (χ0n) is 14.1. The van der Waals surface area contributed by atoms with Gasteiger partial charge in [0, 0.05) is 30.0 Å². The van der Waals surface area contributed by atoms with Crippen LogP contribution in [-0.2, 0) is 0 Å². The lowest BCUT2D eigenvalue weighted by Crippen LogP contribution is -2.29. The summed E-state index contributed by atoms with van der Waals surface area (Å²) < 4.78 is 18.6. The highest BCUT2D eigenvalue weighted by atomic mass is 19.1. The summed E-state index contributed by atoms with van der Waals surface area (Å²) in [5.41, 5.74) is 1.78. The van der Waals surface area contributed by atoms with Gasteiger partial charge in [0.2, 0.25) is 0 Å². The zero-order chi connectivity index (χ0) is 17.8. The first kappa shape index (κ1) is 17.1. The molecule has 2 N–H and O–H groups in total. The van der Waals surface area contributed by atoms with Gasteiger partial charge in [-0.15, -0.1) is 0 Å². The molecule has 2 aromatic rings. The number of methoxy groups -OCH3 is 1. The molecule has 25 heavy (non-hydrogen) atoms. The van der Waals surface area contributed by atoms with E-state index in [-0.39, 0.29) is 11.3 Å². The van der Waals surface area contributed by atoms with Crippen molar-refractivity contribution in [1.82, 2.24) is 0 Å². The third kappa shape index (κ3) is 3.84. The van der Waals surface area contributed by atoms with Crippen molar-refractivity contribution in [1.29, 1.82) is 0 Å². The summed E-state index contributed by atoms with van der Waals surface area (Å²) >= 11 is 0. The third-order valence-electron chi connectivity index (χ3n) is 4.34. The lowest BCUT2D eigenvalue weighted by molar-refractivity contribution is 0.102. The predicted octanol–water partition coefficient (Wildman–Crippen LogP) is 3.78. The topological polar surface area (TPSA) is 61.8 Å². The van der Waals surface area contributed by atoms with Gasteiger partial charge in [-0.2, -0.15) is 0 Å². The number of halogens is 1. The van der Waals surface area contributed by atoms with Crippen LogP contribution in [0, 0.1) is 5.82 Å². The lowest BCUT2D eigenvalue weighted by atomic mass is 10.1. The second kappa shape index (κ2) is 7.42. The van der Waals surface area contributed by atoms with Crippen LogP contribution in [0.15, 0.2) is 36.4 Å². The molecule has 3 rings (SSSR count). The number of amides is 1. The molecule has 132 valence electrons. The van der Waals surface area contributed by atoms with Crippen LogP contribution in [0.2, 0.25) is 0 Å². The SMILES string of the molecule is COc1cc(C(=O)Nc2cccc(N3CCCCC3)c2)cc(F)c1O. The van der Waals surface area contributed by atoms with Crippen molar-refractivity contribution in [2.45, 2.75) is 19.3 Å². The van der Waals surface area contributed by atoms with E-state index >= 15 is 0 Å². The number of aromatic hydroxyl groups is 1. The molecule has 5 nitrogen and oxygen atoms in total. The summed E-state index contributed by atoms with van der Waals surface area (Å²) in [7, 11) is 1.30. The maximum Gasteiger partial charge on any atom is 0.255 e. The fourth-order valence-corrected chi connectivity index (χ4v) is 3.00. The Morgan fingerprint density at radius 1 is 1.20 bits per heavy atom. The first-order valence-electron chi connectivity index (χ1n) is 8.31. The van der Waals surface area contributed by atoms with Crippen LogP contribution in [0.5, 0.6) is 11.5 Å². The maximum absolute atomic E-state index is 13.7. The highest BCUT2D eigenvalue weighted by molar-refractivity contribution is 6.04. The van der Waals surface area contributed by atoms with E-state index < -0.39 is 17.5 Å². The number of phenolic OH excluding ortho intramolecular Hbond substituents is 1. The van der Waals surface area contributed by atoms with Gasteiger partial charge in [0.15, 0.2) is 17.3 Å². The van der Waals surface area contributed by atoms with Crippen molar-refractivity contribution >= 4 is 17.3 Å². The van der Waals surface area contributed by atoms with Gasteiger partial charge in [-0.3, -0.25) is 4.79 Å². The number of hydrogen-bond donors (Lipinski definition) is 2. The van der Waals surface area contributed by atoms with Crippen LogP contribution in [0.25, 0.3) is 0 Å². The molecule has 2 aromatic carbocycles. The molecule has 0 aliphatic carbocycles. The van der Waals surface area contributed by atoms with E-state index in [9.17, 15) is 14.3 Å². The van der Waals surface area contributed by atoms with Gasteiger partial charge in [0.25, 0.3) is 5.91 Å². The third-order valence-corrected chi connectivity index (χ3v) is 4.34. The molecule has 0 atom stereocenters. The van der Waals surface area contributed by atoms with Gasteiger partial charge < -0.3 is 20.1 Å². The number of hydrogen-bond acceptors (Lipinski definition) is 4. The number of nitrogens with zero attached hydrogens (tertiary/aromatic N) is 1. The molecule has 0 radical (unpaired) electrons. The molecular weight excluding hydrogens is 323 g/mol. The van der Waals surface area contributed by atoms with E-state index in [1.54, 1.807) is 6.07 Å². The standard InChI is InChI=1S/C19H21FN2O3/c1-25-17-11-13(10-16(20)18(17)23)19(24)21-14-6-5-7-15(12-14)22-8-3-2-4-9-22/h5-7,10-12,23H,2-4,8-9H2,1H3,(H,21,24). The molecular formula is C19H21FN2O3. The number of phenols is 1. The second-order valence-electron chi connectivity index (χ2n) is 6.06. The van der Waals surface area contributed by atoms with Crippen LogP contribution in [0.3, 0.4) is 0 Å². The average molecular weight is 344 g/mol. The molecule has 0 saturated carbocycles. The fraction of sp³-hybridized carbons (Fsp3) is 0.316. The molecule has 0 aromatic heterocycles.